The van der Waals surface area contributed by atoms with Gasteiger partial charge in [0.1, 0.15) is 19.0 Å². The summed E-state index contributed by atoms with van der Waals surface area (Å²) in [6.07, 6.45) is 1.57. The fourth-order valence-electron chi connectivity index (χ4n) is 4.32. The second-order valence-corrected chi connectivity index (χ2v) is 10.1. The standard InChI is InChI=1S/C34H29BrN2O4/c1-2-39-33-20-26(15-17-32(33)40-22-24-9-4-3-5-10-24)34(38)37-36-21-28-19-29(35)16-18-31(28)41-23-27-13-8-12-25-11-6-7-14-30(25)27/h3-21H,2,22-23H2,1H3,(H,37,38)/b36-21+. The molecule has 0 atom stereocenters. The third-order valence-corrected chi connectivity index (χ3v) is 6.84. The number of nitrogens with one attached hydrogen (secondary N) is 1. The van der Waals surface area contributed by atoms with E-state index >= 15 is 0 Å². The fourth-order valence-corrected chi connectivity index (χ4v) is 4.70. The van der Waals surface area contributed by atoms with Gasteiger partial charge in [-0.25, -0.2) is 5.43 Å². The molecule has 5 aromatic rings. The van der Waals surface area contributed by atoms with Gasteiger partial charge >= 0.3 is 0 Å². The molecular weight excluding hydrogens is 580 g/mol. The van der Waals surface area contributed by atoms with Gasteiger partial charge in [-0.05, 0) is 65.2 Å². The first-order chi connectivity index (χ1) is 20.1. The highest BCUT2D eigenvalue weighted by atomic mass is 79.9. The number of carbonyl (C=O) groups is 1. The summed E-state index contributed by atoms with van der Waals surface area (Å²) in [5, 5.41) is 6.52. The molecule has 0 saturated heterocycles. The molecule has 0 saturated carbocycles. The van der Waals surface area contributed by atoms with Crippen LogP contribution in [0.15, 0.2) is 119 Å². The first kappa shape index (κ1) is 27.9. The average Bonchev–Trinajstić information content (AvgIpc) is 3.00. The van der Waals surface area contributed by atoms with Gasteiger partial charge in [0.05, 0.1) is 12.8 Å². The zero-order valence-corrected chi connectivity index (χ0v) is 24.1. The fraction of sp³-hybridized carbons (Fsp3) is 0.118. The van der Waals surface area contributed by atoms with Crippen LogP contribution in [0.5, 0.6) is 17.2 Å². The van der Waals surface area contributed by atoms with E-state index in [1.54, 1.807) is 24.4 Å². The van der Waals surface area contributed by atoms with E-state index in [9.17, 15) is 4.79 Å². The topological polar surface area (TPSA) is 69.2 Å². The maximum absolute atomic E-state index is 12.9. The second kappa shape index (κ2) is 13.6. The van der Waals surface area contributed by atoms with Crippen molar-refractivity contribution in [1.29, 1.82) is 0 Å². The number of carbonyl (C=O) groups excluding carboxylic acids is 1. The lowest BCUT2D eigenvalue weighted by Gasteiger charge is -2.13. The van der Waals surface area contributed by atoms with Crippen LogP contribution >= 0.6 is 15.9 Å². The van der Waals surface area contributed by atoms with E-state index in [1.807, 2.05) is 73.7 Å². The largest absolute Gasteiger partial charge is 0.490 e. The molecule has 0 spiro atoms. The summed E-state index contributed by atoms with van der Waals surface area (Å²) in [5.41, 5.74) is 5.85. The first-order valence-electron chi connectivity index (χ1n) is 13.3. The van der Waals surface area contributed by atoms with E-state index in [-0.39, 0.29) is 5.91 Å². The summed E-state index contributed by atoms with van der Waals surface area (Å²) in [6, 6.07) is 35.0. The Balaban J connectivity index is 1.26. The number of ether oxygens (including phenoxy) is 3. The van der Waals surface area contributed by atoms with E-state index in [0.717, 1.165) is 31.9 Å². The Morgan fingerprint density at radius 3 is 2.39 bits per heavy atom. The smallest absolute Gasteiger partial charge is 0.271 e. The minimum absolute atomic E-state index is 0.370. The third-order valence-electron chi connectivity index (χ3n) is 6.35. The number of fused-ring (bicyclic) bond motifs is 1. The number of hydrogen-bond donors (Lipinski definition) is 1. The summed E-state index contributed by atoms with van der Waals surface area (Å²) < 4.78 is 18.7. The predicted octanol–water partition coefficient (Wildman–Crippen LogP) is 7.92. The van der Waals surface area contributed by atoms with E-state index in [2.05, 4.69) is 50.7 Å². The molecule has 0 aromatic heterocycles. The van der Waals surface area contributed by atoms with Crippen molar-refractivity contribution in [2.45, 2.75) is 20.1 Å². The zero-order valence-electron chi connectivity index (χ0n) is 22.5. The highest BCUT2D eigenvalue weighted by molar-refractivity contribution is 9.10. The Labute approximate surface area is 247 Å². The van der Waals surface area contributed by atoms with Crippen molar-refractivity contribution in [2.24, 2.45) is 5.10 Å². The van der Waals surface area contributed by atoms with Gasteiger partial charge in [-0.2, -0.15) is 5.10 Å². The van der Waals surface area contributed by atoms with Gasteiger partial charge in [-0.1, -0.05) is 88.7 Å². The van der Waals surface area contributed by atoms with Crippen LogP contribution in [0.4, 0.5) is 0 Å². The number of benzene rings is 5. The molecular formula is C34H29BrN2O4. The molecule has 206 valence electrons. The summed E-state index contributed by atoms with van der Waals surface area (Å²) in [7, 11) is 0. The summed E-state index contributed by atoms with van der Waals surface area (Å²) >= 11 is 3.51. The van der Waals surface area contributed by atoms with Crippen LogP contribution in [0.1, 0.15) is 34.0 Å². The molecule has 0 aliphatic heterocycles. The Hall–Kier alpha value is -4.62. The van der Waals surface area contributed by atoms with Crippen LogP contribution in [-0.4, -0.2) is 18.7 Å². The quantitative estimate of drug-likeness (QED) is 0.122. The van der Waals surface area contributed by atoms with Gasteiger partial charge in [0.2, 0.25) is 0 Å². The van der Waals surface area contributed by atoms with E-state index in [0.29, 0.717) is 42.6 Å². The number of rotatable bonds is 11. The lowest BCUT2D eigenvalue weighted by Crippen LogP contribution is -2.18. The van der Waals surface area contributed by atoms with Crippen LogP contribution in [0, 0.1) is 0 Å². The van der Waals surface area contributed by atoms with E-state index < -0.39 is 0 Å². The van der Waals surface area contributed by atoms with Gasteiger partial charge in [0.25, 0.3) is 5.91 Å². The highest BCUT2D eigenvalue weighted by Crippen LogP contribution is 2.30. The Kier molecular flexibility index (Phi) is 9.29. The molecule has 0 unspecified atom stereocenters. The van der Waals surface area contributed by atoms with Crippen LogP contribution in [0.2, 0.25) is 0 Å². The lowest BCUT2D eigenvalue weighted by atomic mass is 10.1. The molecule has 0 aliphatic carbocycles. The molecule has 0 radical (unpaired) electrons. The van der Waals surface area contributed by atoms with E-state index in [4.69, 9.17) is 14.2 Å². The molecule has 41 heavy (non-hydrogen) atoms. The summed E-state index contributed by atoms with van der Waals surface area (Å²) in [5.74, 6) is 1.34. The average molecular weight is 610 g/mol. The molecule has 5 aromatic carbocycles. The Morgan fingerprint density at radius 2 is 1.54 bits per heavy atom. The highest BCUT2D eigenvalue weighted by Gasteiger charge is 2.12. The molecule has 1 amide bonds. The minimum Gasteiger partial charge on any atom is -0.490 e. The number of hydrogen-bond acceptors (Lipinski definition) is 5. The van der Waals surface area contributed by atoms with E-state index in [1.165, 1.54) is 0 Å². The Morgan fingerprint density at radius 1 is 0.780 bits per heavy atom. The van der Waals surface area contributed by atoms with Gasteiger partial charge < -0.3 is 14.2 Å². The van der Waals surface area contributed by atoms with Crippen molar-refractivity contribution < 1.29 is 19.0 Å². The van der Waals surface area contributed by atoms with Crippen LogP contribution in [0.25, 0.3) is 10.8 Å². The van der Waals surface area contributed by atoms with Crippen LogP contribution in [-0.2, 0) is 13.2 Å². The van der Waals surface area contributed by atoms with Crippen molar-refractivity contribution in [3.8, 4) is 17.2 Å². The van der Waals surface area contributed by atoms with Crippen molar-refractivity contribution >= 4 is 38.8 Å². The molecule has 0 aliphatic rings. The SMILES string of the molecule is CCOc1cc(C(=O)N/N=C/c2cc(Br)ccc2OCc2cccc3ccccc23)ccc1OCc1ccccc1. The van der Waals surface area contributed by atoms with Crippen molar-refractivity contribution in [3.05, 3.63) is 136 Å². The molecule has 0 bridgehead atoms. The van der Waals surface area contributed by atoms with Crippen molar-refractivity contribution in [1.82, 2.24) is 5.43 Å². The normalized spacial score (nSPS) is 11.0. The maximum atomic E-state index is 12.9. The molecule has 0 fully saturated rings. The lowest BCUT2D eigenvalue weighted by molar-refractivity contribution is 0.0954. The Bertz CT molecular complexity index is 1670. The van der Waals surface area contributed by atoms with Gasteiger partial charge in [0, 0.05) is 15.6 Å². The number of halogens is 1. The molecule has 0 heterocycles. The van der Waals surface area contributed by atoms with Crippen molar-refractivity contribution in [3.63, 3.8) is 0 Å². The first-order valence-corrected chi connectivity index (χ1v) is 14.1. The van der Waals surface area contributed by atoms with Gasteiger partial charge in [-0.15, -0.1) is 0 Å². The summed E-state index contributed by atoms with van der Waals surface area (Å²) in [4.78, 5) is 12.9. The summed E-state index contributed by atoms with van der Waals surface area (Å²) in [6.45, 7) is 3.12. The molecule has 1 N–H and O–H groups in total. The number of amides is 1. The maximum Gasteiger partial charge on any atom is 0.271 e. The van der Waals surface area contributed by atoms with Crippen molar-refractivity contribution in [2.75, 3.05) is 6.61 Å². The minimum atomic E-state index is -0.370. The van der Waals surface area contributed by atoms with Gasteiger partial charge in [-0.3, -0.25) is 4.79 Å². The van der Waals surface area contributed by atoms with Crippen LogP contribution in [0.3, 0.4) is 0 Å². The van der Waals surface area contributed by atoms with Gasteiger partial charge in [0.15, 0.2) is 11.5 Å². The number of hydrazone groups is 1. The monoisotopic (exact) mass is 608 g/mol. The molecule has 6 nitrogen and oxygen atoms in total. The molecule has 7 heteroatoms. The second-order valence-electron chi connectivity index (χ2n) is 9.18. The van der Waals surface area contributed by atoms with Crippen LogP contribution < -0.4 is 19.6 Å². The number of nitrogens with zero attached hydrogens (tertiary/aromatic N) is 1. The molecule has 5 rings (SSSR count). The zero-order chi connectivity index (χ0) is 28.4. The predicted molar refractivity (Wildman–Crippen MR) is 166 cm³/mol. The third kappa shape index (κ3) is 7.32.